The summed E-state index contributed by atoms with van der Waals surface area (Å²) in [5.41, 5.74) is -2.75. The first kappa shape index (κ1) is 59.0. The van der Waals surface area contributed by atoms with Gasteiger partial charge in [0.15, 0.2) is 9.84 Å². The molecule has 0 aliphatic rings. The maximum Gasteiger partial charge on any atom is 1.00 e. The van der Waals surface area contributed by atoms with E-state index >= 15 is 0 Å². The summed E-state index contributed by atoms with van der Waals surface area (Å²) in [6.07, 6.45) is 0. The zero-order valence-corrected chi connectivity index (χ0v) is 45.3. The predicted octanol–water partition coefficient (Wildman–Crippen LogP) is -9.97. The van der Waals surface area contributed by atoms with Crippen molar-refractivity contribution >= 4 is 112 Å². The molecule has 0 aliphatic carbocycles. The fraction of sp³-hybridized carbons (Fsp3) is 0.138. The summed E-state index contributed by atoms with van der Waals surface area (Å²) in [6.45, 7) is 2.91. The average Bonchev–Trinajstić information content (AvgIpc) is 3.09. The van der Waals surface area contributed by atoms with Crippen LogP contribution >= 0.6 is 11.6 Å². The molecular weight excluding hydrogens is 990 g/mol. The van der Waals surface area contributed by atoms with Gasteiger partial charge < -0.3 is 34.1 Å². The molecule has 4 aromatic carbocycles. The molecule has 0 saturated carbocycles. The van der Waals surface area contributed by atoms with E-state index in [0.717, 1.165) is 35.7 Å². The molecule has 0 radical (unpaired) electrons. The van der Waals surface area contributed by atoms with Gasteiger partial charge in [-0.25, -0.2) is 33.7 Å². The first-order valence-electron chi connectivity index (χ1n) is 15.3. The van der Waals surface area contributed by atoms with Crippen LogP contribution in [0.3, 0.4) is 0 Å². The number of aromatic nitrogens is 3. The minimum absolute atomic E-state index is 0. The number of nitrogens with zero attached hydrogens (tertiary/aromatic N) is 5. The van der Waals surface area contributed by atoms with Crippen LogP contribution in [-0.2, 0) is 55.0 Å². The fourth-order valence-electron chi connectivity index (χ4n) is 5.13. The van der Waals surface area contributed by atoms with Crippen LogP contribution in [0.4, 0.5) is 29.0 Å². The van der Waals surface area contributed by atoms with Crippen LogP contribution in [0.15, 0.2) is 90.3 Å². The van der Waals surface area contributed by atoms with Gasteiger partial charge in [-0.3, -0.25) is 4.55 Å². The van der Waals surface area contributed by atoms with E-state index in [1.807, 2.05) is 0 Å². The van der Waals surface area contributed by atoms with Gasteiger partial charge in [0.05, 0.1) is 39.3 Å². The molecule has 5 aromatic rings. The molecule has 0 spiro atoms. The number of benzene rings is 4. The Kier molecular flexibility index (Phi) is 22.0. The smallest absolute Gasteiger partial charge is 0.870 e. The summed E-state index contributed by atoms with van der Waals surface area (Å²) < 4.78 is 172. The van der Waals surface area contributed by atoms with Crippen molar-refractivity contribution in [2.24, 2.45) is 10.2 Å². The summed E-state index contributed by atoms with van der Waals surface area (Å²) >= 11 is 6.01. The second kappa shape index (κ2) is 23.1. The van der Waals surface area contributed by atoms with E-state index < -0.39 is 125 Å². The Morgan fingerprint density at radius 1 is 0.774 bits per heavy atom. The summed E-state index contributed by atoms with van der Waals surface area (Å²) in [4.78, 5) is 7.14. The van der Waals surface area contributed by atoms with Crippen molar-refractivity contribution in [3.63, 3.8) is 0 Å². The topological polar surface area (TPSA) is 380 Å². The van der Waals surface area contributed by atoms with E-state index in [-0.39, 0.29) is 150 Å². The van der Waals surface area contributed by atoms with Gasteiger partial charge in [-0.1, -0.05) is 30.5 Å². The maximum absolute atomic E-state index is 14.0. The Hall–Kier alpha value is -1.01. The van der Waals surface area contributed by atoms with Crippen molar-refractivity contribution in [2.45, 2.75) is 19.6 Å². The quantitative estimate of drug-likeness (QED) is 0.0357. The number of azo groups is 1. The number of anilines is 3. The third-order valence-electron chi connectivity index (χ3n) is 7.55. The van der Waals surface area contributed by atoms with Crippen LogP contribution in [0.2, 0.25) is 5.28 Å². The van der Waals surface area contributed by atoms with Gasteiger partial charge >= 0.3 is 118 Å². The standard InChI is InChI=1S/C29H26ClN7O16S5.4Na/c1-2-54(39,40)11-10-53-9-8-31-28-33-27(30)34-29(35-28)32-20-14-16(55(41,42)43)12-15-13-22(57(47,48)49)24(25(38)23(15)20)37-36-19-7-6-17-18(26(19)58(50,51)52)4-3-5-21(17)56(44,45)46;;;;/h2-7,12-14,38H,1,8-11H2,(H,41,42,43)(H,44,45,46)(H,47,48,49)(H,50,51,52)(H2,31,32,33,34,35);;;;/q;4*+1/p-4. The van der Waals surface area contributed by atoms with E-state index in [1.165, 1.54) is 0 Å². The molecule has 0 aliphatic heterocycles. The molecule has 310 valence electrons. The van der Waals surface area contributed by atoms with Gasteiger partial charge in [-0.2, -0.15) is 23.4 Å². The van der Waals surface area contributed by atoms with E-state index in [0.29, 0.717) is 18.2 Å². The van der Waals surface area contributed by atoms with Crippen molar-refractivity contribution in [1.29, 1.82) is 0 Å². The summed E-state index contributed by atoms with van der Waals surface area (Å²) in [5.74, 6) is -2.59. The van der Waals surface area contributed by atoms with Crippen molar-refractivity contribution < 1.29 is 188 Å². The number of sulfone groups is 1. The van der Waals surface area contributed by atoms with Crippen LogP contribution < -0.4 is 134 Å². The van der Waals surface area contributed by atoms with Gasteiger partial charge in [-0.15, -0.1) is 10.2 Å². The molecule has 33 heteroatoms. The van der Waals surface area contributed by atoms with Crippen molar-refractivity contribution in [1.82, 2.24) is 15.0 Å². The number of fused-ring (bicyclic) bond motifs is 2. The van der Waals surface area contributed by atoms with E-state index in [9.17, 15) is 65.4 Å². The third kappa shape index (κ3) is 14.7. The molecule has 1 aromatic heterocycles. The third-order valence-corrected chi connectivity index (χ3v) is 12.5. The summed E-state index contributed by atoms with van der Waals surface area (Å²) in [7, 11) is -25.2. The fourth-order valence-corrected chi connectivity index (χ4v) is 8.51. The second-order valence-electron chi connectivity index (χ2n) is 11.4. The SMILES string of the molecule is C=CS(=O)(=O)CCOCCNc1nc(Cl)nc(Nc2cc(S(=O)(=O)[O-])cc3cc(S(=O)(=O)[O-])c(N=Nc4ccc5c(S(=O)(=O)[O-])cccc5c4S(=O)(=O)O)c([O-])c23)n1.[Na+].[Na+].[Na+].[Na+]. The number of halogens is 1. The Morgan fingerprint density at radius 2 is 1.40 bits per heavy atom. The zero-order chi connectivity index (χ0) is 43.0. The normalized spacial score (nSPS) is 12.1. The minimum Gasteiger partial charge on any atom is -0.870 e. The summed E-state index contributed by atoms with van der Waals surface area (Å²) in [5, 5.41) is 24.2. The Labute approximate surface area is 447 Å². The number of hydrogen-bond donors (Lipinski definition) is 3. The molecular formula is C29H22ClN7Na4O16S5. The van der Waals surface area contributed by atoms with E-state index in [4.69, 9.17) is 16.3 Å². The van der Waals surface area contributed by atoms with E-state index in [2.05, 4.69) is 42.4 Å². The van der Waals surface area contributed by atoms with Crippen LogP contribution in [0, 0.1) is 0 Å². The number of hydrogen-bond acceptors (Lipinski definition) is 22. The molecule has 3 N–H and O–H groups in total. The molecule has 0 saturated heterocycles. The monoisotopic (exact) mass is 1010 g/mol. The molecule has 23 nitrogen and oxygen atoms in total. The Morgan fingerprint density at radius 3 is 1.98 bits per heavy atom. The van der Waals surface area contributed by atoms with Gasteiger partial charge in [0.2, 0.25) is 17.2 Å². The van der Waals surface area contributed by atoms with Crippen molar-refractivity contribution in [2.75, 3.05) is 36.1 Å². The van der Waals surface area contributed by atoms with Crippen molar-refractivity contribution in [3.8, 4) is 5.75 Å². The minimum atomic E-state index is -5.73. The Bertz CT molecular complexity index is 3140. The van der Waals surface area contributed by atoms with Crippen LogP contribution in [0.5, 0.6) is 5.75 Å². The molecule has 5 rings (SSSR count). The van der Waals surface area contributed by atoms with Gasteiger partial charge in [0.1, 0.15) is 40.9 Å². The molecule has 1 heterocycles. The molecule has 0 atom stereocenters. The van der Waals surface area contributed by atoms with Crippen LogP contribution in [0.25, 0.3) is 21.5 Å². The largest absolute Gasteiger partial charge is 1.00 e. The molecule has 0 unspecified atom stereocenters. The van der Waals surface area contributed by atoms with Crippen LogP contribution in [0.1, 0.15) is 0 Å². The number of rotatable bonds is 16. The molecule has 62 heavy (non-hydrogen) atoms. The van der Waals surface area contributed by atoms with Gasteiger partial charge in [-0.05, 0) is 52.7 Å². The zero-order valence-electron chi connectivity index (χ0n) is 32.5. The first-order chi connectivity index (χ1) is 26.8. The predicted molar refractivity (Wildman–Crippen MR) is 197 cm³/mol. The van der Waals surface area contributed by atoms with Crippen molar-refractivity contribution in [3.05, 3.63) is 65.8 Å². The molecule has 0 fully saturated rings. The Balaban J connectivity index is 0.00000480. The molecule has 0 bridgehead atoms. The number of ether oxygens (including phenoxy) is 1. The first-order valence-corrected chi connectivity index (χ1v) is 23.1. The summed E-state index contributed by atoms with van der Waals surface area (Å²) in [6, 6.07) is 6.09. The second-order valence-corrected chi connectivity index (χ2v) is 19.2. The average molecular weight is 1010 g/mol. The van der Waals surface area contributed by atoms with Gasteiger partial charge in [0, 0.05) is 28.4 Å². The maximum atomic E-state index is 14.0. The van der Waals surface area contributed by atoms with Gasteiger partial charge in [0.25, 0.3) is 10.1 Å². The molecule has 0 amide bonds. The van der Waals surface area contributed by atoms with E-state index in [1.54, 1.807) is 0 Å². The van der Waals surface area contributed by atoms with Crippen LogP contribution in [-0.4, -0.2) is 101 Å². The number of nitrogens with one attached hydrogen (secondary N) is 2.